The number of nitrogens with zero attached hydrogens (tertiary/aromatic N) is 2. The van der Waals surface area contributed by atoms with Gasteiger partial charge in [0.2, 0.25) is 10.0 Å². The average molecular weight is 461 g/mol. The Hall–Kier alpha value is -2.69. The predicted octanol–water partition coefficient (Wildman–Crippen LogP) is 2.13. The number of carboxylic acid groups (broad SMARTS) is 1. The highest BCUT2D eigenvalue weighted by atomic mass is 32.2. The average Bonchev–Trinajstić information content (AvgIpc) is 3.42. The number of aliphatic carboxylic acids is 1. The van der Waals surface area contributed by atoms with Crippen LogP contribution in [0.25, 0.3) is 21.8 Å². The predicted molar refractivity (Wildman–Crippen MR) is 122 cm³/mol. The molecule has 0 amide bonds. The number of aromatic nitrogens is 2. The van der Waals surface area contributed by atoms with E-state index in [2.05, 4.69) is 14.9 Å². The van der Waals surface area contributed by atoms with E-state index >= 15 is 0 Å². The molecule has 0 bridgehead atoms. The van der Waals surface area contributed by atoms with Gasteiger partial charge in [0.05, 0.1) is 4.90 Å². The van der Waals surface area contributed by atoms with Crippen molar-refractivity contribution in [2.24, 2.45) is 0 Å². The molecule has 32 heavy (non-hydrogen) atoms. The molecule has 4 rings (SSSR count). The van der Waals surface area contributed by atoms with Gasteiger partial charge in [-0.3, -0.25) is 9.59 Å². The molecule has 1 saturated heterocycles. The maximum Gasteiger partial charge on any atom is 0.303 e. The summed E-state index contributed by atoms with van der Waals surface area (Å²) in [7, 11) is -2.11. The Morgan fingerprint density at radius 2 is 2.00 bits per heavy atom. The van der Waals surface area contributed by atoms with Crippen LogP contribution < -0.4 is 5.56 Å². The zero-order valence-corrected chi connectivity index (χ0v) is 18.9. The number of likely N-dealkylation sites (N-methyl/N-ethyl adjacent to an activating group) is 1. The third-order valence-corrected chi connectivity index (χ3v) is 8.03. The quantitative estimate of drug-likeness (QED) is 0.449. The first-order chi connectivity index (χ1) is 15.3. The van der Waals surface area contributed by atoms with Crippen molar-refractivity contribution in [3.63, 3.8) is 0 Å². The van der Waals surface area contributed by atoms with Gasteiger partial charge in [0, 0.05) is 49.0 Å². The molecular formula is C22H28N4O5S. The van der Waals surface area contributed by atoms with Crippen LogP contribution in [0.3, 0.4) is 0 Å². The zero-order chi connectivity index (χ0) is 22.9. The highest BCUT2D eigenvalue weighted by Gasteiger charge is 2.23. The Kier molecular flexibility index (Phi) is 6.36. The minimum absolute atomic E-state index is 0.0231. The Balaban J connectivity index is 1.69. The fraction of sp³-hybridized carbons (Fsp3) is 0.455. The standard InChI is InChI=1S/C22H28N4O5S/c1-25(11-12-26-9-2-3-10-26)32(30,31)16-7-8-18-17(13-16)20-15(5-4-6-19(27)28)14-23-21(20)22(29)24-18/h7-8,13-14,23H,2-6,9-12H2,1H3,(H,24,29)(H,27,28). The number of fused-ring (bicyclic) bond motifs is 3. The van der Waals surface area contributed by atoms with Crippen LogP contribution in [-0.4, -0.2) is 71.9 Å². The number of hydrogen-bond acceptors (Lipinski definition) is 5. The third-order valence-electron chi connectivity index (χ3n) is 6.17. The highest BCUT2D eigenvalue weighted by molar-refractivity contribution is 7.89. The van der Waals surface area contributed by atoms with Crippen LogP contribution >= 0.6 is 0 Å². The molecule has 3 N–H and O–H groups in total. The Bertz CT molecular complexity index is 1310. The largest absolute Gasteiger partial charge is 0.481 e. The van der Waals surface area contributed by atoms with Crippen LogP contribution in [-0.2, 0) is 21.2 Å². The molecule has 1 fully saturated rings. The van der Waals surface area contributed by atoms with E-state index in [0.717, 1.165) is 31.5 Å². The Morgan fingerprint density at radius 1 is 1.25 bits per heavy atom. The number of nitrogens with one attached hydrogen (secondary N) is 2. The summed E-state index contributed by atoms with van der Waals surface area (Å²) >= 11 is 0. The maximum atomic E-state index is 13.2. The lowest BCUT2D eigenvalue weighted by Crippen LogP contribution is -2.35. The molecule has 0 spiro atoms. The van der Waals surface area contributed by atoms with E-state index in [1.54, 1.807) is 25.4 Å². The van der Waals surface area contributed by atoms with Crippen molar-refractivity contribution in [2.45, 2.75) is 37.0 Å². The number of rotatable bonds is 9. The van der Waals surface area contributed by atoms with Crippen LogP contribution in [0.2, 0.25) is 0 Å². The van der Waals surface area contributed by atoms with E-state index in [-0.39, 0.29) is 16.9 Å². The third kappa shape index (κ3) is 4.43. The smallest absolute Gasteiger partial charge is 0.303 e. The van der Waals surface area contributed by atoms with Crippen LogP contribution in [0.1, 0.15) is 31.2 Å². The van der Waals surface area contributed by atoms with E-state index < -0.39 is 16.0 Å². The lowest BCUT2D eigenvalue weighted by atomic mass is 10.0. The van der Waals surface area contributed by atoms with Crippen LogP contribution in [0.15, 0.2) is 34.1 Å². The summed E-state index contributed by atoms with van der Waals surface area (Å²) < 4.78 is 27.8. The number of carbonyl (C=O) groups is 1. The first kappa shape index (κ1) is 22.5. The number of aryl methyl sites for hydroxylation is 1. The summed E-state index contributed by atoms with van der Waals surface area (Å²) in [5, 5.41) is 10.2. The van der Waals surface area contributed by atoms with Gasteiger partial charge >= 0.3 is 5.97 Å². The second kappa shape index (κ2) is 9.05. The lowest BCUT2D eigenvalue weighted by Gasteiger charge is -2.21. The van der Waals surface area contributed by atoms with Crippen molar-refractivity contribution in [3.05, 3.63) is 40.3 Å². The molecule has 0 saturated carbocycles. The van der Waals surface area contributed by atoms with Crippen molar-refractivity contribution in [1.29, 1.82) is 0 Å². The maximum absolute atomic E-state index is 13.2. The Morgan fingerprint density at radius 3 is 2.72 bits per heavy atom. The number of hydrogen-bond donors (Lipinski definition) is 3. The topological polar surface area (TPSA) is 127 Å². The van der Waals surface area contributed by atoms with Crippen molar-refractivity contribution < 1.29 is 18.3 Å². The van der Waals surface area contributed by atoms with E-state index in [0.29, 0.717) is 47.7 Å². The number of sulfonamides is 1. The van der Waals surface area contributed by atoms with Crippen LogP contribution in [0.4, 0.5) is 0 Å². The molecule has 10 heteroatoms. The number of pyridine rings is 1. The molecule has 1 aliphatic heterocycles. The minimum Gasteiger partial charge on any atom is -0.481 e. The number of H-pyrrole nitrogens is 2. The van der Waals surface area contributed by atoms with Crippen LogP contribution in [0, 0.1) is 0 Å². The van der Waals surface area contributed by atoms with Gasteiger partial charge < -0.3 is 20.0 Å². The van der Waals surface area contributed by atoms with Crippen LogP contribution in [0.5, 0.6) is 0 Å². The normalized spacial score (nSPS) is 15.3. The van der Waals surface area contributed by atoms with Gasteiger partial charge in [0.15, 0.2) is 0 Å². The molecule has 1 aliphatic rings. The molecule has 1 aromatic carbocycles. The molecule has 0 aliphatic carbocycles. The number of likely N-dealkylation sites (tertiary alicyclic amines) is 1. The second-order valence-corrected chi connectivity index (χ2v) is 10.4. The van der Waals surface area contributed by atoms with Gasteiger partial charge in [-0.2, -0.15) is 4.31 Å². The summed E-state index contributed by atoms with van der Waals surface area (Å²) in [5.74, 6) is -0.877. The van der Waals surface area contributed by atoms with Crippen molar-refractivity contribution in [1.82, 2.24) is 19.2 Å². The monoisotopic (exact) mass is 460 g/mol. The highest BCUT2D eigenvalue weighted by Crippen LogP contribution is 2.28. The molecule has 0 radical (unpaired) electrons. The van der Waals surface area contributed by atoms with Gasteiger partial charge in [-0.05, 0) is 62.5 Å². The molecule has 172 valence electrons. The molecule has 0 unspecified atom stereocenters. The molecule has 2 aromatic heterocycles. The van der Waals surface area contributed by atoms with Gasteiger partial charge in [-0.1, -0.05) is 0 Å². The van der Waals surface area contributed by atoms with Gasteiger partial charge in [0.25, 0.3) is 5.56 Å². The Labute approximate surface area is 186 Å². The van der Waals surface area contributed by atoms with Gasteiger partial charge in [0.1, 0.15) is 5.52 Å². The van der Waals surface area contributed by atoms with Crippen molar-refractivity contribution in [3.8, 4) is 0 Å². The molecular weight excluding hydrogens is 432 g/mol. The fourth-order valence-electron chi connectivity index (χ4n) is 4.35. The van der Waals surface area contributed by atoms with E-state index in [4.69, 9.17) is 5.11 Å². The number of aromatic amines is 2. The molecule has 9 nitrogen and oxygen atoms in total. The second-order valence-electron chi connectivity index (χ2n) is 8.35. The van der Waals surface area contributed by atoms with E-state index in [1.165, 1.54) is 10.4 Å². The molecule has 3 heterocycles. The summed E-state index contributed by atoms with van der Waals surface area (Å²) in [5.41, 5.74) is 1.41. The molecule has 3 aromatic rings. The number of carboxylic acids is 1. The number of benzene rings is 1. The molecule has 0 atom stereocenters. The summed E-state index contributed by atoms with van der Waals surface area (Å²) in [6, 6.07) is 4.73. The first-order valence-corrected chi connectivity index (χ1v) is 12.3. The fourth-order valence-corrected chi connectivity index (χ4v) is 5.54. The summed E-state index contributed by atoms with van der Waals surface area (Å²) in [4.78, 5) is 31.5. The minimum atomic E-state index is -3.70. The van der Waals surface area contributed by atoms with E-state index in [9.17, 15) is 18.0 Å². The van der Waals surface area contributed by atoms with Gasteiger partial charge in [-0.25, -0.2) is 8.42 Å². The summed E-state index contributed by atoms with van der Waals surface area (Å²) in [6.07, 6.45) is 4.92. The zero-order valence-electron chi connectivity index (χ0n) is 18.1. The summed E-state index contributed by atoms with van der Waals surface area (Å²) in [6.45, 7) is 3.12. The SMILES string of the molecule is CN(CCN1CCCC1)S(=O)(=O)c1ccc2[nH]c(=O)c3[nH]cc(CCCC(=O)O)c3c2c1. The van der Waals surface area contributed by atoms with E-state index in [1.807, 2.05) is 0 Å². The first-order valence-electron chi connectivity index (χ1n) is 10.8. The van der Waals surface area contributed by atoms with Crippen molar-refractivity contribution >= 4 is 37.8 Å². The van der Waals surface area contributed by atoms with Crippen molar-refractivity contribution in [2.75, 3.05) is 33.2 Å². The lowest BCUT2D eigenvalue weighted by molar-refractivity contribution is -0.137. The van der Waals surface area contributed by atoms with Gasteiger partial charge in [-0.15, -0.1) is 0 Å².